The number of ether oxygens (including phenoxy) is 1. The van der Waals surface area contributed by atoms with E-state index < -0.39 is 0 Å². The molecule has 1 atom stereocenters. The van der Waals surface area contributed by atoms with Crippen molar-refractivity contribution in [2.75, 3.05) is 6.54 Å². The summed E-state index contributed by atoms with van der Waals surface area (Å²) in [6.45, 7) is 2.75. The number of nitrogens with one attached hydrogen (secondary N) is 1. The van der Waals surface area contributed by atoms with Gasteiger partial charge in [0, 0.05) is 6.08 Å². The van der Waals surface area contributed by atoms with E-state index in [1.54, 1.807) is 13.0 Å². The van der Waals surface area contributed by atoms with Gasteiger partial charge < -0.3 is 4.74 Å². The molecule has 1 N–H and O–H groups in total. The second-order valence-electron chi connectivity index (χ2n) is 2.52. The highest BCUT2D eigenvalue weighted by atomic mass is 16.6. The quantitative estimate of drug-likeness (QED) is 0.474. The van der Waals surface area contributed by atoms with Crippen LogP contribution in [0.1, 0.15) is 19.8 Å². The Hall–Kier alpha value is -0.830. The first-order valence-electron chi connectivity index (χ1n) is 3.89. The van der Waals surface area contributed by atoms with Crippen LogP contribution >= 0.6 is 0 Å². The number of hydrogen-bond acceptors (Lipinski definition) is 3. The number of rotatable bonds is 2. The van der Waals surface area contributed by atoms with Gasteiger partial charge in [0.1, 0.15) is 0 Å². The predicted octanol–water partition coefficient (Wildman–Crippen LogP) is 0.815. The van der Waals surface area contributed by atoms with Crippen LogP contribution in [0.25, 0.3) is 0 Å². The maximum Gasteiger partial charge on any atom is 0.331 e. The molecule has 0 bridgehead atoms. The summed E-state index contributed by atoms with van der Waals surface area (Å²) in [6.07, 6.45) is 5.08. The van der Waals surface area contributed by atoms with Crippen molar-refractivity contribution in [1.29, 1.82) is 0 Å². The highest BCUT2D eigenvalue weighted by Gasteiger charge is 2.16. The first-order valence-corrected chi connectivity index (χ1v) is 3.89. The van der Waals surface area contributed by atoms with Gasteiger partial charge in [0.05, 0.1) is 0 Å². The van der Waals surface area contributed by atoms with Crippen LogP contribution in [0, 0.1) is 0 Å². The van der Waals surface area contributed by atoms with Crippen LogP contribution in [0.5, 0.6) is 0 Å². The van der Waals surface area contributed by atoms with Crippen molar-refractivity contribution in [3.63, 3.8) is 0 Å². The van der Waals surface area contributed by atoms with Crippen molar-refractivity contribution in [2.45, 2.75) is 26.0 Å². The second kappa shape index (κ2) is 4.13. The molecule has 1 saturated heterocycles. The van der Waals surface area contributed by atoms with E-state index in [0.717, 1.165) is 19.4 Å². The number of esters is 1. The van der Waals surface area contributed by atoms with Crippen LogP contribution in [-0.4, -0.2) is 18.7 Å². The Morgan fingerprint density at radius 1 is 1.73 bits per heavy atom. The topological polar surface area (TPSA) is 38.3 Å². The summed E-state index contributed by atoms with van der Waals surface area (Å²) in [5.74, 6) is -0.257. The second-order valence-corrected chi connectivity index (χ2v) is 2.52. The first-order chi connectivity index (χ1) is 5.33. The minimum atomic E-state index is -0.257. The van der Waals surface area contributed by atoms with Gasteiger partial charge in [-0.25, -0.2) is 4.79 Å². The van der Waals surface area contributed by atoms with Gasteiger partial charge in [0.25, 0.3) is 0 Å². The van der Waals surface area contributed by atoms with Crippen molar-refractivity contribution in [3.05, 3.63) is 12.2 Å². The minimum Gasteiger partial charge on any atom is -0.443 e. The Bertz CT molecular complexity index is 159. The Labute approximate surface area is 66.4 Å². The van der Waals surface area contributed by atoms with Gasteiger partial charge in [-0.15, -0.1) is 0 Å². The van der Waals surface area contributed by atoms with Gasteiger partial charge in [0.15, 0.2) is 6.23 Å². The third-order valence-electron chi connectivity index (χ3n) is 1.58. The van der Waals surface area contributed by atoms with Gasteiger partial charge >= 0.3 is 5.97 Å². The van der Waals surface area contributed by atoms with Crippen LogP contribution in [0.15, 0.2) is 12.2 Å². The predicted molar refractivity (Wildman–Crippen MR) is 41.9 cm³/mol. The lowest BCUT2D eigenvalue weighted by molar-refractivity contribution is -0.143. The smallest absolute Gasteiger partial charge is 0.331 e. The monoisotopic (exact) mass is 155 g/mol. The van der Waals surface area contributed by atoms with Gasteiger partial charge in [-0.05, 0) is 26.3 Å². The average Bonchev–Trinajstić information content (AvgIpc) is 2.40. The van der Waals surface area contributed by atoms with Crippen molar-refractivity contribution in [1.82, 2.24) is 5.32 Å². The Kier molecular flexibility index (Phi) is 3.11. The molecule has 0 spiro atoms. The van der Waals surface area contributed by atoms with E-state index >= 15 is 0 Å². The molecule has 1 aliphatic rings. The fourth-order valence-corrected chi connectivity index (χ4v) is 1.07. The third kappa shape index (κ3) is 2.72. The van der Waals surface area contributed by atoms with E-state index in [9.17, 15) is 4.79 Å². The lowest BCUT2D eigenvalue weighted by Gasteiger charge is -2.08. The summed E-state index contributed by atoms with van der Waals surface area (Å²) in [6, 6.07) is 0. The molecule has 0 aromatic heterocycles. The van der Waals surface area contributed by atoms with Gasteiger partial charge in [-0.2, -0.15) is 0 Å². The molecular weight excluding hydrogens is 142 g/mol. The molecule has 0 aromatic rings. The normalized spacial score (nSPS) is 24.3. The van der Waals surface area contributed by atoms with Crippen molar-refractivity contribution in [2.24, 2.45) is 0 Å². The number of allylic oxidation sites excluding steroid dienone is 1. The SMILES string of the molecule is C/C=C/C(=O)OC1CCCN1. The van der Waals surface area contributed by atoms with E-state index in [2.05, 4.69) is 5.32 Å². The first kappa shape index (κ1) is 8.27. The van der Waals surface area contributed by atoms with E-state index in [-0.39, 0.29) is 12.2 Å². The summed E-state index contributed by atoms with van der Waals surface area (Å²) in [7, 11) is 0. The highest BCUT2D eigenvalue weighted by molar-refractivity contribution is 5.81. The van der Waals surface area contributed by atoms with Crippen molar-refractivity contribution in [3.8, 4) is 0 Å². The van der Waals surface area contributed by atoms with Crippen LogP contribution in [0.2, 0.25) is 0 Å². The number of carbonyl (C=O) groups is 1. The van der Waals surface area contributed by atoms with E-state index in [4.69, 9.17) is 4.74 Å². The zero-order valence-electron chi connectivity index (χ0n) is 6.67. The molecule has 1 unspecified atom stereocenters. The highest BCUT2D eigenvalue weighted by Crippen LogP contribution is 2.06. The molecule has 0 aromatic carbocycles. The molecule has 3 heteroatoms. The summed E-state index contributed by atoms with van der Waals surface area (Å²) in [5, 5.41) is 3.07. The molecule has 0 amide bonds. The van der Waals surface area contributed by atoms with Gasteiger partial charge in [-0.1, -0.05) is 6.08 Å². The van der Waals surface area contributed by atoms with E-state index in [1.807, 2.05) is 0 Å². The maximum atomic E-state index is 10.8. The van der Waals surface area contributed by atoms with Gasteiger partial charge in [0.2, 0.25) is 0 Å². The summed E-state index contributed by atoms with van der Waals surface area (Å²) < 4.78 is 5.01. The summed E-state index contributed by atoms with van der Waals surface area (Å²) in [5.41, 5.74) is 0. The molecule has 0 aliphatic carbocycles. The fourth-order valence-electron chi connectivity index (χ4n) is 1.07. The van der Waals surface area contributed by atoms with E-state index in [1.165, 1.54) is 6.08 Å². The lowest BCUT2D eigenvalue weighted by atomic mass is 10.4. The Balaban J connectivity index is 2.23. The molecule has 3 nitrogen and oxygen atoms in total. The Morgan fingerprint density at radius 3 is 3.09 bits per heavy atom. The molecule has 1 aliphatic heterocycles. The molecular formula is C8H13NO2. The van der Waals surface area contributed by atoms with Gasteiger partial charge in [-0.3, -0.25) is 5.32 Å². The zero-order chi connectivity index (χ0) is 8.10. The van der Waals surface area contributed by atoms with Crippen LogP contribution in [0.3, 0.4) is 0 Å². The summed E-state index contributed by atoms with van der Waals surface area (Å²) >= 11 is 0. The molecule has 1 rings (SSSR count). The molecule has 0 saturated carbocycles. The minimum absolute atomic E-state index is 0.0568. The average molecular weight is 155 g/mol. The standard InChI is InChI=1S/C8H13NO2/c1-2-4-8(10)11-7-5-3-6-9-7/h2,4,7,9H,3,5-6H2,1H3/b4-2+. The maximum absolute atomic E-state index is 10.8. The molecule has 1 heterocycles. The summed E-state index contributed by atoms with van der Waals surface area (Å²) in [4.78, 5) is 10.8. The van der Waals surface area contributed by atoms with Crippen LogP contribution < -0.4 is 5.32 Å². The lowest BCUT2D eigenvalue weighted by Crippen LogP contribution is -2.26. The Morgan fingerprint density at radius 2 is 2.55 bits per heavy atom. The molecule has 0 radical (unpaired) electrons. The molecule has 1 fully saturated rings. The van der Waals surface area contributed by atoms with Crippen LogP contribution in [0.4, 0.5) is 0 Å². The zero-order valence-corrected chi connectivity index (χ0v) is 6.67. The van der Waals surface area contributed by atoms with Crippen molar-refractivity contribution >= 4 is 5.97 Å². The number of carbonyl (C=O) groups excluding carboxylic acids is 1. The fraction of sp³-hybridized carbons (Fsp3) is 0.625. The number of hydrogen-bond donors (Lipinski definition) is 1. The van der Waals surface area contributed by atoms with E-state index in [0.29, 0.717) is 0 Å². The largest absolute Gasteiger partial charge is 0.443 e. The van der Waals surface area contributed by atoms with Crippen LogP contribution in [-0.2, 0) is 9.53 Å². The molecule has 62 valence electrons. The van der Waals surface area contributed by atoms with Crippen molar-refractivity contribution < 1.29 is 9.53 Å². The molecule has 11 heavy (non-hydrogen) atoms. The third-order valence-corrected chi connectivity index (χ3v) is 1.58.